The van der Waals surface area contributed by atoms with Crippen molar-refractivity contribution in [3.63, 3.8) is 0 Å². The molecule has 1 aromatic rings. The number of amides is 1. The zero-order valence-electron chi connectivity index (χ0n) is 16.7. The molecule has 27 heavy (non-hydrogen) atoms. The molecule has 0 unspecified atom stereocenters. The minimum Gasteiger partial charge on any atom is -0.311 e. The lowest BCUT2D eigenvalue weighted by Gasteiger charge is -2.39. The van der Waals surface area contributed by atoms with Crippen LogP contribution < -0.4 is 9.62 Å². The number of nitrogens with one attached hydrogen (secondary N) is 1. The standard InChI is InChI=1S/C21H30N2O3S/c1-13-8-16(12-21(3,4)11-13)22-27(25,26)17-9-15-6-5-7-23-19(15)18(10-17)14(2)20(23)24/h9-10,13-14,16,22H,5-8,11-12H2,1-4H3/t13-,14+,16+/m1/s1. The van der Waals surface area contributed by atoms with Gasteiger partial charge in [0.1, 0.15) is 0 Å². The lowest BCUT2D eigenvalue weighted by molar-refractivity contribution is -0.119. The van der Waals surface area contributed by atoms with E-state index in [9.17, 15) is 13.2 Å². The molecule has 5 nitrogen and oxygen atoms in total. The van der Waals surface area contributed by atoms with E-state index in [0.29, 0.717) is 10.8 Å². The Hall–Kier alpha value is -1.40. The molecule has 1 amide bonds. The fourth-order valence-electron chi connectivity index (χ4n) is 5.54. The van der Waals surface area contributed by atoms with E-state index in [1.807, 2.05) is 11.8 Å². The van der Waals surface area contributed by atoms with Crippen molar-refractivity contribution in [2.45, 2.75) is 76.7 Å². The molecular formula is C21H30N2O3S. The van der Waals surface area contributed by atoms with Gasteiger partial charge in [0.05, 0.1) is 16.5 Å². The first-order valence-corrected chi connectivity index (χ1v) is 11.6. The summed E-state index contributed by atoms with van der Waals surface area (Å²) in [5.41, 5.74) is 2.98. The molecule has 1 aromatic carbocycles. The summed E-state index contributed by atoms with van der Waals surface area (Å²) < 4.78 is 29.3. The van der Waals surface area contributed by atoms with E-state index in [0.717, 1.165) is 55.5 Å². The predicted molar refractivity (Wildman–Crippen MR) is 106 cm³/mol. The van der Waals surface area contributed by atoms with Gasteiger partial charge in [0.25, 0.3) is 0 Å². The van der Waals surface area contributed by atoms with Crippen LogP contribution in [-0.2, 0) is 21.2 Å². The van der Waals surface area contributed by atoms with Crippen molar-refractivity contribution in [2.24, 2.45) is 11.3 Å². The topological polar surface area (TPSA) is 66.5 Å². The van der Waals surface area contributed by atoms with Gasteiger partial charge in [-0.3, -0.25) is 4.79 Å². The maximum Gasteiger partial charge on any atom is 0.240 e. The number of aryl methyl sites for hydroxylation is 1. The molecule has 148 valence electrons. The average Bonchev–Trinajstić information content (AvgIpc) is 2.79. The summed E-state index contributed by atoms with van der Waals surface area (Å²) in [6.45, 7) is 9.24. The van der Waals surface area contributed by atoms with Crippen LogP contribution in [0.15, 0.2) is 17.0 Å². The average molecular weight is 391 g/mol. The zero-order chi connectivity index (χ0) is 19.6. The quantitative estimate of drug-likeness (QED) is 0.858. The second-order valence-corrected chi connectivity index (χ2v) is 11.3. The van der Waals surface area contributed by atoms with Crippen LogP contribution in [0.3, 0.4) is 0 Å². The van der Waals surface area contributed by atoms with E-state index in [1.54, 1.807) is 12.1 Å². The Morgan fingerprint density at radius 1 is 1.19 bits per heavy atom. The van der Waals surface area contributed by atoms with Gasteiger partial charge in [-0.15, -0.1) is 0 Å². The molecule has 0 spiro atoms. The minimum atomic E-state index is -3.60. The van der Waals surface area contributed by atoms with E-state index in [2.05, 4.69) is 25.5 Å². The first-order chi connectivity index (χ1) is 12.6. The van der Waals surface area contributed by atoms with Gasteiger partial charge >= 0.3 is 0 Å². The minimum absolute atomic E-state index is 0.0334. The molecule has 4 rings (SSSR count). The Kier molecular flexibility index (Phi) is 4.43. The summed E-state index contributed by atoms with van der Waals surface area (Å²) in [5.74, 6) is 0.339. The van der Waals surface area contributed by atoms with Crippen LogP contribution in [0.25, 0.3) is 0 Å². The number of hydrogen-bond donors (Lipinski definition) is 1. The third-order valence-electron chi connectivity index (χ3n) is 6.41. The van der Waals surface area contributed by atoms with Gasteiger partial charge in [0.2, 0.25) is 15.9 Å². The van der Waals surface area contributed by atoms with Crippen LogP contribution in [0.1, 0.15) is 70.4 Å². The van der Waals surface area contributed by atoms with Crippen molar-refractivity contribution in [2.75, 3.05) is 11.4 Å². The maximum absolute atomic E-state index is 13.2. The maximum atomic E-state index is 13.2. The summed E-state index contributed by atoms with van der Waals surface area (Å²) in [4.78, 5) is 14.7. The van der Waals surface area contributed by atoms with Gasteiger partial charge in [-0.2, -0.15) is 0 Å². The van der Waals surface area contributed by atoms with Gasteiger partial charge < -0.3 is 4.90 Å². The normalized spacial score (nSPS) is 29.7. The van der Waals surface area contributed by atoms with E-state index in [1.165, 1.54) is 0 Å². The first kappa shape index (κ1) is 18.9. The Labute approximate surface area is 162 Å². The van der Waals surface area contributed by atoms with Crippen LogP contribution in [-0.4, -0.2) is 26.9 Å². The Balaban J connectivity index is 1.67. The van der Waals surface area contributed by atoms with Crippen LogP contribution in [0.4, 0.5) is 5.69 Å². The molecule has 0 radical (unpaired) electrons. The fraction of sp³-hybridized carbons (Fsp3) is 0.667. The molecule has 0 bridgehead atoms. The summed E-state index contributed by atoms with van der Waals surface area (Å²) in [6, 6.07) is 3.48. The Bertz CT molecular complexity index is 891. The first-order valence-electron chi connectivity index (χ1n) is 10.1. The molecular weight excluding hydrogens is 360 g/mol. The number of carbonyl (C=O) groups is 1. The molecule has 6 heteroatoms. The highest BCUT2D eigenvalue weighted by Crippen LogP contribution is 2.44. The molecule has 3 atom stereocenters. The molecule has 0 saturated heterocycles. The Morgan fingerprint density at radius 2 is 1.93 bits per heavy atom. The van der Waals surface area contributed by atoms with Crippen molar-refractivity contribution in [3.8, 4) is 0 Å². The van der Waals surface area contributed by atoms with Crippen LogP contribution in [0, 0.1) is 11.3 Å². The predicted octanol–water partition coefficient (Wildman–Crippen LogP) is 3.58. The van der Waals surface area contributed by atoms with Crippen LogP contribution in [0.5, 0.6) is 0 Å². The number of benzene rings is 1. The van der Waals surface area contributed by atoms with E-state index in [4.69, 9.17) is 0 Å². The fourth-order valence-corrected chi connectivity index (χ4v) is 6.88. The van der Waals surface area contributed by atoms with E-state index < -0.39 is 10.0 Å². The highest BCUT2D eigenvalue weighted by Gasteiger charge is 2.39. The van der Waals surface area contributed by atoms with Crippen molar-refractivity contribution in [3.05, 3.63) is 23.3 Å². The summed E-state index contributed by atoms with van der Waals surface area (Å²) in [7, 11) is -3.60. The SMILES string of the molecule is C[C@@H]1C[C@H](NS(=O)(=O)c2cc3c4c(c2)[C@H](C)C(=O)N4CCC3)CC(C)(C)C1. The van der Waals surface area contributed by atoms with Crippen molar-refractivity contribution in [1.82, 2.24) is 4.72 Å². The molecule has 1 fully saturated rings. The second kappa shape index (κ2) is 6.31. The third kappa shape index (κ3) is 3.31. The number of carbonyl (C=O) groups excluding carboxylic acids is 1. The van der Waals surface area contributed by atoms with Gasteiger partial charge in [-0.25, -0.2) is 13.1 Å². The second-order valence-electron chi connectivity index (χ2n) is 9.57. The molecule has 1 N–H and O–H groups in total. The van der Waals surface area contributed by atoms with Crippen molar-refractivity contribution >= 4 is 21.6 Å². The highest BCUT2D eigenvalue weighted by atomic mass is 32.2. The molecule has 2 aliphatic heterocycles. The largest absolute Gasteiger partial charge is 0.311 e. The lowest BCUT2D eigenvalue weighted by atomic mass is 9.71. The van der Waals surface area contributed by atoms with Crippen LogP contribution in [0.2, 0.25) is 0 Å². The summed E-state index contributed by atoms with van der Waals surface area (Å²) in [6.07, 6.45) is 4.58. The van der Waals surface area contributed by atoms with Gasteiger partial charge in [0.15, 0.2) is 0 Å². The molecule has 2 heterocycles. The van der Waals surface area contributed by atoms with Gasteiger partial charge in [-0.1, -0.05) is 20.8 Å². The molecule has 1 aliphatic carbocycles. The Morgan fingerprint density at radius 3 is 2.63 bits per heavy atom. The molecule has 0 aromatic heterocycles. The number of anilines is 1. The number of rotatable bonds is 3. The van der Waals surface area contributed by atoms with Crippen molar-refractivity contribution in [1.29, 1.82) is 0 Å². The lowest BCUT2D eigenvalue weighted by Crippen LogP contribution is -2.42. The van der Waals surface area contributed by atoms with E-state index >= 15 is 0 Å². The molecule has 1 saturated carbocycles. The number of sulfonamides is 1. The van der Waals surface area contributed by atoms with Crippen LogP contribution >= 0.6 is 0 Å². The monoisotopic (exact) mass is 390 g/mol. The summed E-state index contributed by atoms with van der Waals surface area (Å²) in [5, 5.41) is 0. The third-order valence-corrected chi connectivity index (χ3v) is 7.91. The van der Waals surface area contributed by atoms with Gasteiger partial charge in [0, 0.05) is 12.6 Å². The van der Waals surface area contributed by atoms with Gasteiger partial charge in [-0.05, 0) is 73.6 Å². The number of nitrogens with zero attached hydrogens (tertiary/aromatic N) is 1. The molecule has 3 aliphatic rings. The van der Waals surface area contributed by atoms with Crippen molar-refractivity contribution < 1.29 is 13.2 Å². The van der Waals surface area contributed by atoms with E-state index in [-0.39, 0.29) is 23.3 Å². The highest BCUT2D eigenvalue weighted by molar-refractivity contribution is 7.89. The zero-order valence-corrected chi connectivity index (χ0v) is 17.5. The summed E-state index contributed by atoms with van der Waals surface area (Å²) >= 11 is 0. The number of hydrogen-bond acceptors (Lipinski definition) is 3. The smallest absolute Gasteiger partial charge is 0.240 e.